The molecule has 0 aliphatic heterocycles. The first kappa shape index (κ1) is 24.4. The summed E-state index contributed by atoms with van der Waals surface area (Å²) in [4.78, 5) is 2.24. The van der Waals surface area contributed by atoms with E-state index < -0.39 is 0 Å². The zero-order valence-electron chi connectivity index (χ0n) is 18.6. The molecular weight excluding hydrogens is 342 g/mol. The second-order valence-corrected chi connectivity index (χ2v) is 8.18. The van der Waals surface area contributed by atoms with Gasteiger partial charge in [-0.25, -0.2) is 0 Å². The Balaban J connectivity index is 1.90. The van der Waals surface area contributed by atoms with Crippen molar-refractivity contribution in [2.45, 2.75) is 96.8 Å². The number of nitrogens with two attached hydrogens (primary N) is 2. The van der Waals surface area contributed by atoms with E-state index in [1.54, 1.807) is 0 Å². The Labute approximate surface area is 174 Å². The number of allylic oxidation sites excluding steroid dienone is 2. The lowest BCUT2D eigenvalue weighted by atomic mass is 10.1. The molecular formula is C25H45N3. The van der Waals surface area contributed by atoms with Crippen LogP contribution in [-0.4, -0.2) is 13.6 Å². The van der Waals surface area contributed by atoms with Gasteiger partial charge >= 0.3 is 0 Å². The topological polar surface area (TPSA) is 55.3 Å². The highest BCUT2D eigenvalue weighted by molar-refractivity contribution is 5.71. The average Bonchev–Trinajstić information content (AvgIpc) is 2.67. The minimum absolute atomic E-state index is 0.729. The molecule has 0 aliphatic rings. The molecule has 0 unspecified atom stereocenters. The lowest BCUT2D eigenvalue weighted by molar-refractivity contribution is 0.595. The molecule has 1 rings (SSSR count). The zero-order valence-corrected chi connectivity index (χ0v) is 18.6. The lowest BCUT2D eigenvalue weighted by Gasteiger charge is -2.21. The maximum absolute atomic E-state index is 6.06. The van der Waals surface area contributed by atoms with E-state index in [-0.39, 0.29) is 0 Å². The van der Waals surface area contributed by atoms with Crippen LogP contribution < -0.4 is 16.4 Å². The van der Waals surface area contributed by atoms with Crippen LogP contribution in [0.4, 0.5) is 17.1 Å². The minimum Gasteiger partial charge on any atom is -0.399 e. The molecule has 0 heterocycles. The SMILES string of the molecule is CCCCCCCCC=CCCCCCCCCN(C)c1ccc(N)cc1N. The van der Waals surface area contributed by atoms with Crippen LogP contribution in [-0.2, 0) is 0 Å². The number of benzene rings is 1. The van der Waals surface area contributed by atoms with Crippen LogP contribution in [0.15, 0.2) is 30.4 Å². The summed E-state index contributed by atoms with van der Waals surface area (Å²) in [5.74, 6) is 0. The van der Waals surface area contributed by atoms with Crippen LogP contribution >= 0.6 is 0 Å². The van der Waals surface area contributed by atoms with E-state index in [9.17, 15) is 0 Å². The Morgan fingerprint density at radius 3 is 1.86 bits per heavy atom. The van der Waals surface area contributed by atoms with Gasteiger partial charge in [0.1, 0.15) is 0 Å². The molecule has 4 N–H and O–H groups in total. The molecule has 1 aromatic carbocycles. The first-order valence-corrected chi connectivity index (χ1v) is 11.7. The van der Waals surface area contributed by atoms with E-state index in [2.05, 4.69) is 31.0 Å². The van der Waals surface area contributed by atoms with E-state index in [0.717, 1.165) is 23.6 Å². The summed E-state index contributed by atoms with van der Waals surface area (Å²) in [5.41, 5.74) is 14.4. The van der Waals surface area contributed by atoms with Gasteiger partial charge < -0.3 is 16.4 Å². The Bertz CT molecular complexity index is 525. The maximum Gasteiger partial charge on any atom is 0.0598 e. The molecule has 28 heavy (non-hydrogen) atoms. The van der Waals surface area contributed by atoms with E-state index in [4.69, 9.17) is 11.5 Å². The number of nitrogen functional groups attached to an aromatic ring is 2. The fourth-order valence-electron chi connectivity index (χ4n) is 3.64. The van der Waals surface area contributed by atoms with Gasteiger partial charge in [0.05, 0.1) is 11.4 Å². The van der Waals surface area contributed by atoms with Crippen LogP contribution in [0.3, 0.4) is 0 Å². The lowest BCUT2D eigenvalue weighted by Crippen LogP contribution is -2.19. The third-order valence-electron chi connectivity index (χ3n) is 5.47. The van der Waals surface area contributed by atoms with E-state index in [0.29, 0.717) is 0 Å². The Kier molecular flexibility index (Phi) is 14.2. The number of nitrogens with zero attached hydrogens (tertiary/aromatic N) is 1. The smallest absolute Gasteiger partial charge is 0.0598 e. The molecule has 3 nitrogen and oxygen atoms in total. The number of hydrogen-bond acceptors (Lipinski definition) is 3. The Hall–Kier alpha value is -1.64. The molecule has 0 amide bonds. The highest BCUT2D eigenvalue weighted by atomic mass is 15.1. The number of anilines is 3. The van der Waals surface area contributed by atoms with Crippen molar-refractivity contribution < 1.29 is 0 Å². The van der Waals surface area contributed by atoms with E-state index in [1.807, 2.05) is 18.2 Å². The van der Waals surface area contributed by atoms with Crippen molar-refractivity contribution in [3.05, 3.63) is 30.4 Å². The first-order chi connectivity index (χ1) is 13.6. The molecule has 1 aromatic rings. The predicted molar refractivity (Wildman–Crippen MR) is 128 cm³/mol. The third kappa shape index (κ3) is 11.9. The van der Waals surface area contributed by atoms with Crippen molar-refractivity contribution in [3.63, 3.8) is 0 Å². The van der Waals surface area contributed by atoms with Gasteiger partial charge in [0.25, 0.3) is 0 Å². The van der Waals surface area contributed by atoms with Crippen molar-refractivity contribution in [3.8, 4) is 0 Å². The van der Waals surface area contributed by atoms with Crippen molar-refractivity contribution in [2.24, 2.45) is 0 Å². The fraction of sp³-hybridized carbons (Fsp3) is 0.680. The quantitative estimate of drug-likeness (QED) is 0.167. The van der Waals surface area contributed by atoms with Gasteiger partial charge in [-0.2, -0.15) is 0 Å². The molecule has 0 bridgehead atoms. The largest absolute Gasteiger partial charge is 0.399 e. The third-order valence-corrected chi connectivity index (χ3v) is 5.47. The molecule has 0 spiro atoms. The van der Waals surface area contributed by atoms with Gasteiger partial charge in [-0.3, -0.25) is 0 Å². The second-order valence-electron chi connectivity index (χ2n) is 8.18. The average molecular weight is 388 g/mol. The highest BCUT2D eigenvalue weighted by Crippen LogP contribution is 2.24. The molecule has 160 valence electrons. The molecule has 3 heteroatoms. The first-order valence-electron chi connectivity index (χ1n) is 11.7. The Morgan fingerprint density at radius 2 is 1.29 bits per heavy atom. The van der Waals surface area contributed by atoms with Crippen LogP contribution in [0.25, 0.3) is 0 Å². The summed E-state index contributed by atoms with van der Waals surface area (Å²) < 4.78 is 0. The Morgan fingerprint density at radius 1 is 0.750 bits per heavy atom. The van der Waals surface area contributed by atoms with Crippen molar-refractivity contribution in [2.75, 3.05) is 30.0 Å². The van der Waals surface area contributed by atoms with Crippen molar-refractivity contribution in [1.29, 1.82) is 0 Å². The number of unbranched alkanes of at least 4 members (excludes halogenated alkanes) is 12. The van der Waals surface area contributed by atoms with Gasteiger partial charge in [-0.15, -0.1) is 0 Å². The summed E-state index contributed by atoms with van der Waals surface area (Å²) in [6, 6.07) is 5.78. The molecule has 0 saturated heterocycles. The summed E-state index contributed by atoms with van der Waals surface area (Å²) in [5, 5.41) is 0. The molecule has 0 atom stereocenters. The van der Waals surface area contributed by atoms with Crippen LogP contribution in [0.1, 0.15) is 96.8 Å². The normalized spacial score (nSPS) is 11.4. The van der Waals surface area contributed by atoms with Crippen LogP contribution in [0, 0.1) is 0 Å². The van der Waals surface area contributed by atoms with Gasteiger partial charge in [-0.05, 0) is 50.3 Å². The van der Waals surface area contributed by atoms with E-state index >= 15 is 0 Å². The number of hydrogen-bond donors (Lipinski definition) is 2. The monoisotopic (exact) mass is 387 g/mol. The summed E-state index contributed by atoms with van der Waals surface area (Å²) in [7, 11) is 2.11. The van der Waals surface area contributed by atoms with Gasteiger partial charge in [0, 0.05) is 19.3 Å². The van der Waals surface area contributed by atoms with Crippen LogP contribution in [0.2, 0.25) is 0 Å². The summed E-state index contributed by atoms with van der Waals surface area (Å²) >= 11 is 0. The van der Waals surface area contributed by atoms with E-state index in [1.165, 1.54) is 89.9 Å². The zero-order chi connectivity index (χ0) is 20.5. The molecule has 0 fully saturated rings. The maximum atomic E-state index is 6.06. The molecule has 0 aromatic heterocycles. The summed E-state index contributed by atoms with van der Waals surface area (Å²) in [6.45, 7) is 3.33. The van der Waals surface area contributed by atoms with Gasteiger partial charge in [0.2, 0.25) is 0 Å². The van der Waals surface area contributed by atoms with Crippen molar-refractivity contribution >= 4 is 17.1 Å². The van der Waals surface area contributed by atoms with Crippen LogP contribution in [0.5, 0.6) is 0 Å². The van der Waals surface area contributed by atoms with Crippen molar-refractivity contribution in [1.82, 2.24) is 0 Å². The van der Waals surface area contributed by atoms with Gasteiger partial charge in [-0.1, -0.05) is 76.9 Å². The standard InChI is InChI=1S/C25H45N3/c1-3-4-5-6-7-8-9-10-11-12-13-14-15-16-17-18-21-28(2)25-20-19-23(26)22-24(25)27/h10-11,19-20,22H,3-9,12-18,21,26-27H2,1-2H3. The molecule has 0 saturated carbocycles. The van der Waals surface area contributed by atoms with Gasteiger partial charge in [0.15, 0.2) is 0 Å². The fourth-order valence-corrected chi connectivity index (χ4v) is 3.64. The molecule has 0 aliphatic carbocycles. The second kappa shape index (κ2) is 16.3. The predicted octanol–water partition coefficient (Wildman–Crippen LogP) is 7.32. The minimum atomic E-state index is 0.729. The molecule has 0 radical (unpaired) electrons. The summed E-state index contributed by atoms with van der Waals surface area (Å²) in [6.07, 6.45) is 23.6. The highest BCUT2D eigenvalue weighted by Gasteiger charge is 2.05. The number of rotatable bonds is 17.